The van der Waals surface area contributed by atoms with Crippen LogP contribution in [0.2, 0.25) is 0 Å². The predicted octanol–water partition coefficient (Wildman–Crippen LogP) is 5.68. The lowest BCUT2D eigenvalue weighted by Gasteiger charge is -2.37. The maximum Gasteiger partial charge on any atom is 0.488 e. The molecule has 2 aliphatic rings. The molecule has 1 N–H and O–H groups in total. The molecule has 3 aromatic carbocycles. The number of piperazine rings is 1. The van der Waals surface area contributed by atoms with Gasteiger partial charge in [0.25, 0.3) is 0 Å². The Balaban J connectivity index is 1.26. The molecule has 1 aliphatic carbocycles. The van der Waals surface area contributed by atoms with Crippen LogP contribution in [-0.4, -0.2) is 63.9 Å². The first-order chi connectivity index (χ1) is 20.8. The summed E-state index contributed by atoms with van der Waals surface area (Å²) in [5.41, 5.74) is 5.27. The number of benzene rings is 3. The van der Waals surface area contributed by atoms with Crippen molar-refractivity contribution in [2.45, 2.75) is 45.8 Å². The minimum absolute atomic E-state index is 0.0233. The molecule has 1 heterocycles. The zero-order valence-electron chi connectivity index (χ0n) is 25.1. The van der Waals surface area contributed by atoms with Gasteiger partial charge in [-0.15, -0.1) is 0 Å². The number of carbonyl (C=O) groups excluding carboxylic acids is 2. The van der Waals surface area contributed by atoms with Gasteiger partial charge in [0.15, 0.2) is 5.75 Å². The normalized spacial score (nSPS) is 14.9. The molecule has 0 unspecified atom stereocenters. The highest BCUT2D eigenvalue weighted by Crippen LogP contribution is 2.44. The van der Waals surface area contributed by atoms with Gasteiger partial charge in [0, 0.05) is 49.9 Å². The molecule has 5 rings (SSSR count). The molecule has 1 fully saturated rings. The number of rotatable bonds is 7. The van der Waals surface area contributed by atoms with Crippen molar-refractivity contribution in [3.63, 3.8) is 0 Å². The Labute approximate surface area is 257 Å². The summed E-state index contributed by atoms with van der Waals surface area (Å²) in [6.45, 7) is 8.71. The second-order valence-corrected chi connectivity index (χ2v) is 12.8. The highest BCUT2D eigenvalue weighted by molar-refractivity contribution is 7.81. The van der Waals surface area contributed by atoms with Crippen LogP contribution >= 0.6 is 0 Å². The largest absolute Gasteiger partial charge is 0.488 e. The number of nitrogens with one attached hydrogen (secondary N) is 1. The number of nitrogens with zero attached hydrogens (tertiary/aromatic N) is 2. The van der Waals surface area contributed by atoms with Gasteiger partial charge in [0.1, 0.15) is 12.2 Å². The maximum absolute atomic E-state index is 13.6. The van der Waals surface area contributed by atoms with Crippen molar-refractivity contribution < 1.29 is 35.5 Å². The van der Waals surface area contributed by atoms with Crippen LogP contribution in [0, 0.1) is 6.92 Å². The molecule has 12 heteroatoms. The molecule has 0 radical (unpaired) electrons. The predicted molar refractivity (Wildman–Crippen MR) is 164 cm³/mol. The van der Waals surface area contributed by atoms with Crippen molar-refractivity contribution in [2.24, 2.45) is 0 Å². The Morgan fingerprint density at radius 1 is 0.955 bits per heavy atom. The number of halogens is 1. The van der Waals surface area contributed by atoms with Crippen molar-refractivity contribution in [3.8, 4) is 16.9 Å². The van der Waals surface area contributed by atoms with E-state index in [4.69, 9.17) is 9.47 Å². The van der Waals surface area contributed by atoms with Crippen molar-refractivity contribution >= 4 is 28.4 Å². The minimum atomic E-state index is -5.30. The number of hydrogen-bond donors (Lipinski definition) is 1. The fraction of sp³-hybridized carbons (Fsp3) is 0.375. The lowest BCUT2D eigenvalue weighted by molar-refractivity contribution is 0.0240. The SMILES string of the molecule is Cc1c(OS(=O)(=O)F)cc(CNC(=O)OCC2c3ccccc3-c3ccccc32)cc1N1CCN(C(=O)OC(C)(C)C)CC1. The molecule has 1 aliphatic heterocycles. The summed E-state index contributed by atoms with van der Waals surface area (Å²) >= 11 is 0. The third kappa shape index (κ3) is 7.24. The maximum atomic E-state index is 13.6. The molecule has 10 nitrogen and oxygen atoms in total. The first-order valence-electron chi connectivity index (χ1n) is 14.4. The minimum Gasteiger partial charge on any atom is -0.449 e. The van der Waals surface area contributed by atoms with Crippen LogP contribution in [0.3, 0.4) is 0 Å². The van der Waals surface area contributed by atoms with Crippen LogP contribution in [0.5, 0.6) is 5.75 Å². The zero-order chi connectivity index (χ0) is 31.6. The van der Waals surface area contributed by atoms with Gasteiger partial charge in [-0.05, 0) is 67.6 Å². The second kappa shape index (κ2) is 12.4. The average molecular weight is 626 g/mol. The van der Waals surface area contributed by atoms with Crippen LogP contribution in [0.4, 0.5) is 19.2 Å². The Morgan fingerprint density at radius 2 is 1.55 bits per heavy atom. The summed E-state index contributed by atoms with van der Waals surface area (Å²) in [5, 5.41) is 2.71. The number of hydrogen-bond acceptors (Lipinski definition) is 8. The number of fused-ring (bicyclic) bond motifs is 3. The van der Waals surface area contributed by atoms with E-state index >= 15 is 0 Å². The molecule has 0 aromatic heterocycles. The topological polar surface area (TPSA) is 114 Å². The van der Waals surface area contributed by atoms with Crippen molar-refractivity contribution in [1.82, 2.24) is 10.2 Å². The summed E-state index contributed by atoms with van der Waals surface area (Å²) < 4.78 is 52.1. The van der Waals surface area contributed by atoms with Crippen molar-refractivity contribution in [2.75, 3.05) is 37.7 Å². The molecule has 1 saturated heterocycles. The first kappa shape index (κ1) is 31.1. The molecule has 0 saturated carbocycles. The van der Waals surface area contributed by atoms with Crippen LogP contribution in [0.25, 0.3) is 11.1 Å². The van der Waals surface area contributed by atoms with E-state index in [1.165, 1.54) is 6.07 Å². The van der Waals surface area contributed by atoms with E-state index in [1.807, 2.05) is 41.3 Å². The molecule has 0 spiro atoms. The van der Waals surface area contributed by atoms with E-state index in [0.29, 0.717) is 43.0 Å². The molecule has 3 aromatic rings. The van der Waals surface area contributed by atoms with Crippen LogP contribution < -0.4 is 14.4 Å². The van der Waals surface area contributed by atoms with Gasteiger partial charge < -0.3 is 28.8 Å². The molecular formula is C32H36FN3O7S. The van der Waals surface area contributed by atoms with Gasteiger partial charge in [0.2, 0.25) is 0 Å². The summed E-state index contributed by atoms with van der Waals surface area (Å²) in [6, 6.07) is 19.2. The molecule has 44 heavy (non-hydrogen) atoms. The second-order valence-electron chi connectivity index (χ2n) is 11.8. The van der Waals surface area contributed by atoms with E-state index in [0.717, 1.165) is 22.3 Å². The fourth-order valence-corrected chi connectivity index (χ4v) is 6.02. The first-order valence-corrected chi connectivity index (χ1v) is 15.7. The highest BCUT2D eigenvalue weighted by atomic mass is 32.3. The number of anilines is 1. The van der Waals surface area contributed by atoms with Crippen LogP contribution in [0.1, 0.15) is 48.9 Å². The Kier molecular flexibility index (Phi) is 8.73. The number of ether oxygens (including phenoxy) is 2. The van der Waals surface area contributed by atoms with Gasteiger partial charge in [-0.1, -0.05) is 52.4 Å². The van der Waals surface area contributed by atoms with Crippen molar-refractivity contribution in [1.29, 1.82) is 0 Å². The lowest BCUT2D eigenvalue weighted by Crippen LogP contribution is -2.50. The van der Waals surface area contributed by atoms with Gasteiger partial charge in [-0.3, -0.25) is 0 Å². The molecule has 234 valence electrons. The number of carbonyl (C=O) groups is 2. The number of alkyl carbamates (subject to hydrolysis) is 1. The van der Waals surface area contributed by atoms with E-state index < -0.39 is 28.3 Å². The van der Waals surface area contributed by atoms with Crippen LogP contribution in [0.15, 0.2) is 60.7 Å². The quantitative estimate of drug-likeness (QED) is 0.334. The van der Waals surface area contributed by atoms with Gasteiger partial charge in [0.05, 0.1) is 0 Å². The van der Waals surface area contributed by atoms with Gasteiger partial charge >= 0.3 is 22.7 Å². The standard InChI is InChI=1S/C32H36FN3O7S/c1-21-28(35-13-15-36(16-14-35)31(38)42-32(2,3)4)17-22(18-29(21)43-44(33,39)40)19-34-30(37)41-20-27-25-11-7-5-9-23(25)24-10-6-8-12-26(24)27/h5-12,17-18,27H,13-16,19-20H2,1-4H3,(H,34,37). The summed E-state index contributed by atoms with van der Waals surface area (Å²) in [4.78, 5) is 28.8. The third-order valence-corrected chi connectivity index (χ3v) is 8.01. The van der Waals surface area contributed by atoms with E-state index in [1.54, 1.807) is 38.7 Å². The summed E-state index contributed by atoms with van der Waals surface area (Å²) in [7, 11) is -5.30. The average Bonchev–Trinajstić information content (AvgIpc) is 3.28. The number of amides is 2. The molecule has 0 atom stereocenters. The van der Waals surface area contributed by atoms with E-state index in [9.17, 15) is 21.9 Å². The van der Waals surface area contributed by atoms with Crippen molar-refractivity contribution in [3.05, 3.63) is 82.9 Å². The zero-order valence-corrected chi connectivity index (χ0v) is 25.9. The monoisotopic (exact) mass is 625 g/mol. The summed E-state index contributed by atoms with van der Waals surface area (Å²) in [6.07, 6.45) is -1.07. The van der Waals surface area contributed by atoms with E-state index in [-0.39, 0.29) is 24.8 Å². The Hall–Kier alpha value is -4.32. The van der Waals surface area contributed by atoms with Gasteiger partial charge in [-0.25, -0.2) is 9.59 Å². The van der Waals surface area contributed by atoms with E-state index in [2.05, 4.69) is 21.6 Å². The Morgan fingerprint density at radius 3 is 2.11 bits per heavy atom. The lowest BCUT2D eigenvalue weighted by atomic mass is 9.98. The van der Waals surface area contributed by atoms with Crippen LogP contribution in [-0.2, 0) is 26.5 Å². The summed E-state index contributed by atoms with van der Waals surface area (Å²) in [5.74, 6) is -0.294. The fourth-order valence-electron chi connectivity index (χ4n) is 5.63. The molecular weight excluding hydrogens is 589 g/mol. The molecule has 0 bridgehead atoms. The Bertz CT molecular complexity index is 1620. The highest BCUT2D eigenvalue weighted by Gasteiger charge is 2.30. The third-order valence-electron chi connectivity index (χ3n) is 7.63. The molecule has 2 amide bonds. The smallest absolute Gasteiger partial charge is 0.449 e. The van der Waals surface area contributed by atoms with Gasteiger partial charge in [-0.2, -0.15) is 8.42 Å².